The minimum atomic E-state index is -4.63. The van der Waals surface area contributed by atoms with Crippen LogP contribution in [-0.4, -0.2) is 53.7 Å². The lowest BCUT2D eigenvalue weighted by molar-refractivity contribution is -0.222. The highest BCUT2D eigenvalue weighted by molar-refractivity contribution is 5.91. The van der Waals surface area contributed by atoms with Gasteiger partial charge in [0.15, 0.2) is 11.9 Å². The van der Waals surface area contributed by atoms with Crippen LogP contribution in [0.2, 0.25) is 0 Å². The van der Waals surface area contributed by atoms with Crippen LogP contribution in [-0.2, 0) is 4.79 Å². The van der Waals surface area contributed by atoms with Gasteiger partial charge in [0, 0.05) is 26.1 Å². The van der Waals surface area contributed by atoms with Gasteiger partial charge in [-0.3, -0.25) is 9.59 Å². The molecule has 2 N–H and O–H groups in total. The summed E-state index contributed by atoms with van der Waals surface area (Å²) in [5.74, 6) is -1.41. The molecule has 1 saturated heterocycles. The van der Waals surface area contributed by atoms with Gasteiger partial charge in [0.2, 0.25) is 5.91 Å². The van der Waals surface area contributed by atoms with E-state index in [4.69, 9.17) is 4.42 Å². The van der Waals surface area contributed by atoms with Gasteiger partial charge in [-0.05, 0) is 30.9 Å². The molecule has 2 heterocycles. The lowest BCUT2D eigenvalue weighted by Crippen LogP contribution is -2.45. The SMILES string of the molecule is O=C(NCCC(=O)N1CCC(C(O)C(F)(F)F)CC1)c1ccco1. The third kappa shape index (κ3) is 4.73. The Labute approximate surface area is 136 Å². The highest BCUT2D eigenvalue weighted by Gasteiger charge is 2.44. The number of hydrogen-bond acceptors (Lipinski definition) is 4. The summed E-state index contributed by atoms with van der Waals surface area (Å²) < 4.78 is 42.3. The second-order valence-electron chi connectivity index (χ2n) is 5.69. The maximum atomic E-state index is 12.5. The average Bonchev–Trinajstić information content (AvgIpc) is 3.07. The standard InChI is InChI=1S/C15H19F3N2O4/c16-15(17,18)13(22)10-4-7-20(8-5-10)12(21)3-6-19-14(23)11-2-1-9-24-11/h1-2,9-10,13,22H,3-8H2,(H,19,23). The summed E-state index contributed by atoms with van der Waals surface area (Å²) in [7, 11) is 0. The van der Waals surface area contributed by atoms with Crippen LogP contribution >= 0.6 is 0 Å². The quantitative estimate of drug-likeness (QED) is 0.846. The number of rotatable bonds is 5. The van der Waals surface area contributed by atoms with Gasteiger partial charge in [0.05, 0.1) is 6.26 Å². The first-order valence-corrected chi connectivity index (χ1v) is 7.63. The minimum absolute atomic E-state index is 0.0545. The van der Waals surface area contributed by atoms with E-state index >= 15 is 0 Å². The van der Waals surface area contributed by atoms with Gasteiger partial charge in [-0.25, -0.2) is 0 Å². The number of nitrogens with zero attached hydrogens (tertiary/aromatic N) is 1. The third-order valence-electron chi connectivity index (χ3n) is 4.04. The van der Waals surface area contributed by atoms with Gasteiger partial charge in [0.25, 0.3) is 5.91 Å². The Bertz CT molecular complexity index is 552. The molecule has 24 heavy (non-hydrogen) atoms. The topological polar surface area (TPSA) is 82.8 Å². The minimum Gasteiger partial charge on any atom is -0.459 e. The van der Waals surface area contributed by atoms with Crippen LogP contribution in [0.5, 0.6) is 0 Å². The molecular formula is C15H19F3N2O4. The molecule has 0 bridgehead atoms. The number of hydrogen-bond donors (Lipinski definition) is 2. The van der Waals surface area contributed by atoms with Crippen LogP contribution in [0, 0.1) is 5.92 Å². The molecule has 0 aromatic carbocycles. The van der Waals surface area contributed by atoms with E-state index in [0.717, 1.165) is 0 Å². The largest absolute Gasteiger partial charge is 0.459 e. The summed E-state index contributed by atoms with van der Waals surface area (Å²) in [4.78, 5) is 25.1. The van der Waals surface area contributed by atoms with Crippen molar-refractivity contribution in [2.45, 2.75) is 31.5 Å². The molecule has 9 heteroatoms. The Morgan fingerprint density at radius 1 is 1.38 bits per heavy atom. The number of carbonyl (C=O) groups is 2. The fourth-order valence-electron chi connectivity index (χ4n) is 2.67. The number of furan rings is 1. The monoisotopic (exact) mass is 348 g/mol. The van der Waals surface area contributed by atoms with Crippen molar-refractivity contribution < 1.29 is 32.3 Å². The molecule has 0 spiro atoms. The van der Waals surface area contributed by atoms with Gasteiger partial charge in [-0.1, -0.05) is 0 Å². The lowest BCUT2D eigenvalue weighted by atomic mass is 9.91. The molecule has 1 aliphatic heterocycles. The molecule has 1 aromatic rings. The normalized spacial score (nSPS) is 17.6. The van der Waals surface area contributed by atoms with Gasteiger partial charge in [0.1, 0.15) is 0 Å². The molecule has 1 aliphatic rings. The van der Waals surface area contributed by atoms with E-state index in [9.17, 15) is 27.9 Å². The first-order valence-electron chi connectivity index (χ1n) is 7.63. The number of piperidine rings is 1. The van der Waals surface area contributed by atoms with Crippen molar-refractivity contribution in [1.29, 1.82) is 0 Å². The Morgan fingerprint density at radius 2 is 2.04 bits per heavy atom. The summed E-state index contributed by atoms with van der Waals surface area (Å²) in [6.45, 7) is 0.453. The fourth-order valence-corrected chi connectivity index (χ4v) is 2.67. The Kier molecular flexibility index (Phi) is 5.87. The van der Waals surface area contributed by atoms with Crippen LogP contribution in [0.15, 0.2) is 22.8 Å². The number of amides is 2. The summed E-state index contributed by atoms with van der Waals surface area (Å²) in [6.07, 6.45) is -5.36. The van der Waals surface area contributed by atoms with Gasteiger partial charge in [-0.2, -0.15) is 13.2 Å². The molecule has 0 saturated carbocycles. The Morgan fingerprint density at radius 3 is 2.58 bits per heavy atom. The Balaban J connectivity index is 1.70. The van der Waals surface area contributed by atoms with Crippen LogP contribution < -0.4 is 5.32 Å². The number of nitrogens with one attached hydrogen (secondary N) is 1. The summed E-state index contributed by atoms with van der Waals surface area (Å²) in [6, 6.07) is 3.06. The molecule has 2 amide bonds. The molecule has 1 atom stereocenters. The van der Waals surface area contributed by atoms with Gasteiger partial charge >= 0.3 is 6.18 Å². The molecule has 2 rings (SSSR count). The number of carbonyl (C=O) groups excluding carboxylic acids is 2. The number of aliphatic hydroxyl groups excluding tert-OH is 1. The van der Waals surface area contributed by atoms with Crippen molar-refractivity contribution in [3.05, 3.63) is 24.2 Å². The van der Waals surface area contributed by atoms with Crippen LogP contribution in [0.25, 0.3) is 0 Å². The summed E-state index contributed by atoms with van der Waals surface area (Å²) >= 11 is 0. The molecule has 1 fully saturated rings. The smallest absolute Gasteiger partial charge is 0.414 e. The van der Waals surface area contributed by atoms with Crippen molar-refractivity contribution in [2.24, 2.45) is 5.92 Å². The second kappa shape index (κ2) is 7.69. The average molecular weight is 348 g/mol. The highest BCUT2D eigenvalue weighted by atomic mass is 19.4. The first kappa shape index (κ1) is 18.3. The number of alkyl halides is 3. The van der Waals surface area contributed by atoms with Crippen LogP contribution in [0.3, 0.4) is 0 Å². The van der Waals surface area contributed by atoms with Crippen molar-refractivity contribution >= 4 is 11.8 Å². The summed E-state index contributed by atoms with van der Waals surface area (Å²) in [5, 5.41) is 11.8. The molecule has 0 aliphatic carbocycles. The Hall–Kier alpha value is -2.03. The van der Waals surface area contributed by atoms with Crippen molar-refractivity contribution in [3.63, 3.8) is 0 Å². The zero-order valence-corrected chi connectivity index (χ0v) is 12.9. The molecule has 6 nitrogen and oxygen atoms in total. The predicted molar refractivity (Wildman–Crippen MR) is 77.0 cm³/mol. The molecular weight excluding hydrogens is 329 g/mol. The predicted octanol–water partition coefficient (Wildman–Crippen LogP) is 1.56. The lowest BCUT2D eigenvalue weighted by Gasteiger charge is -2.34. The second-order valence-corrected chi connectivity index (χ2v) is 5.69. The van der Waals surface area contributed by atoms with Crippen LogP contribution in [0.4, 0.5) is 13.2 Å². The highest BCUT2D eigenvalue weighted by Crippen LogP contribution is 2.31. The molecule has 1 unspecified atom stereocenters. The molecule has 0 radical (unpaired) electrons. The van der Waals surface area contributed by atoms with Crippen molar-refractivity contribution in [2.75, 3.05) is 19.6 Å². The van der Waals surface area contributed by atoms with E-state index in [1.54, 1.807) is 6.07 Å². The third-order valence-corrected chi connectivity index (χ3v) is 4.04. The van der Waals surface area contributed by atoms with E-state index in [2.05, 4.69) is 5.32 Å². The van der Waals surface area contributed by atoms with Gasteiger partial charge in [-0.15, -0.1) is 0 Å². The number of halogens is 3. The molecule has 134 valence electrons. The zero-order chi connectivity index (χ0) is 17.7. The van der Waals surface area contributed by atoms with E-state index in [1.807, 2.05) is 0 Å². The van der Waals surface area contributed by atoms with Gasteiger partial charge < -0.3 is 19.7 Å². The molecule has 1 aromatic heterocycles. The van der Waals surface area contributed by atoms with Crippen molar-refractivity contribution in [3.8, 4) is 0 Å². The maximum absolute atomic E-state index is 12.5. The van der Waals surface area contributed by atoms with Crippen molar-refractivity contribution in [1.82, 2.24) is 10.2 Å². The summed E-state index contributed by atoms with van der Waals surface area (Å²) in [5.41, 5.74) is 0. The maximum Gasteiger partial charge on any atom is 0.414 e. The van der Waals surface area contributed by atoms with Crippen LogP contribution in [0.1, 0.15) is 29.8 Å². The fraction of sp³-hybridized carbons (Fsp3) is 0.600. The number of likely N-dealkylation sites (tertiary alicyclic amines) is 1. The first-order chi connectivity index (χ1) is 11.3. The zero-order valence-electron chi connectivity index (χ0n) is 12.9. The number of aliphatic hydroxyl groups is 1. The van der Waals surface area contributed by atoms with E-state index in [1.165, 1.54) is 17.2 Å². The van der Waals surface area contributed by atoms with E-state index < -0.39 is 24.1 Å². The van der Waals surface area contributed by atoms with E-state index in [0.29, 0.717) is 0 Å². The van der Waals surface area contributed by atoms with E-state index in [-0.39, 0.29) is 50.6 Å².